The topological polar surface area (TPSA) is 37.4 Å². The predicted molar refractivity (Wildman–Crippen MR) is 61.1 cm³/mol. The molecular formula is C13H15NO2. The molecule has 1 aromatic rings. The summed E-state index contributed by atoms with van der Waals surface area (Å²) in [6.45, 7) is 3.18. The Hall–Kier alpha value is -1.64. The van der Waals surface area contributed by atoms with E-state index in [1.54, 1.807) is 4.90 Å². The molecule has 3 heteroatoms. The Morgan fingerprint density at radius 1 is 1.25 bits per heavy atom. The number of ketones is 1. The molecule has 0 N–H and O–H groups in total. The number of likely N-dealkylation sites (N-methyl/N-ethyl adjacent to an activating group) is 1. The third kappa shape index (κ3) is 1.85. The first-order valence-corrected chi connectivity index (χ1v) is 5.60. The molecule has 0 bridgehead atoms. The molecule has 1 amide bonds. The number of hydrogen-bond donors (Lipinski definition) is 0. The summed E-state index contributed by atoms with van der Waals surface area (Å²) < 4.78 is 0. The molecule has 2 rings (SSSR count). The van der Waals surface area contributed by atoms with Gasteiger partial charge in [0.1, 0.15) is 5.92 Å². The van der Waals surface area contributed by atoms with Crippen LogP contribution in [-0.4, -0.2) is 29.7 Å². The van der Waals surface area contributed by atoms with Gasteiger partial charge in [0, 0.05) is 19.5 Å². The Balaban J connectivity index is 2.31. The Kier molecular flexibility index (Phi) is 3.04. The second-order valence-corrected chi connectivity index (χ2v) is 3.98. The van der Waals surface area contributed by atoms with Crippen LogP contribution < -0.4 is 0 Å². The van der Waals surface area contributed by atoms with Crippen molar-refractivity contribution in [2.45, 2.75) is 19.3 Å². The highest BCUT2D eigenvalue weighted by atomic mass is 16.2. The van der Waals surface area contributed by atoms with Crippen molar-refractivity contribution >= 4 is 11.7 Å². The summed E-state index contributed by atoms with van der Waals surface area (Å²) in [6.07, 6.45) is 0.471. The fraction of sp³-hybridized carbons (Fsp3) is 0.385. The maximum atomic E-state index is 12.1. The molecule has 1 heterocycles. The van der Waals surface area contributed by atoms with Crippen LogP contribution in [0.4, 0.5) is 0 Å². The van der Waals surface area contributed by atoms with Crippen molar-refractivity contribution in [3.63, 3.8) is 0 Å². The normalized spacial score (nSPS) is 21.3. The number of carbonyl (C=O) groups excluding carboxylic acids is 2. The highest BCUT2D eigenvalue weighted by Gasteiger charge is 2.35. The van der Waals surface area contributed by atoms with Gasteiger partial charge in [-0.15, -0.1) is 0 Å². The molecule has 0 spiro atoms. The number of likely N-dealkylation sites (tertiary alicyclic amines) is 1. The lowest BCUT2D eigenvalue weighted by atomic mass is 9.88. The second-order valence-electron chi connectivity index (χ2n) is 3.98. The summed E-state index contributed by atoms with van der Waals surface area (Å²) in [5, 5.41) is 0. The van der Waals surface area contributed by atoms with Gasteiger partial charge in [0.2, 0.25) is 5.91 Å². The van der Waals surface area contributed by atoms with E-state index in [4.69, 9.17) is 0 Å². The van der Waals surface area contributed by atoms with E-state index in [0.717, 1.165) is 5.56 Å². The van der Waals surface area contributed by atoms with E-state index in [-0.39, 0.29) is 11.7 Å². The molecule has 1 unspecified atom stereocenters. The minimum Gasteiger partial charge on any atom is -0.342 e. The van der Waals surface area contributed by atoms with Crippen molar-refractivity contribution in [2.75, 3.05) is 13.1 Å². The molecule has 0 aliphatic carbocycles. The molecule has 1 aliphatic heterocycles. The lowest BCUT2D eigenvalue weighted by Gasteiger charge is -2.30. The van der Waals surface area contributed by atoms with Gasteiger partial charge in [-0.3, -0.25) is 9.59 Å². The summed E-state index contributed by atoms with van der Waals surface area (Å²) in [4.78, 5) is 25.6. The molecular weight excluding hydrogens is 202 g/mol. The molecule has 0 radical (unpaired) electrons. The van der Waals surface area contributed by atoms with E-state index in [1.165, 1.54) is 0 Å². The van der Waals surface area contributed by atoms with Gasteiger partial charge in [-0.05, 0) is 12.5 Å². The number of carbonyl (C=O) groups is 2. The number of hydrogen-bond acceptors (Lipinski definition) is 2. The first-order chi connectivity index (χ1) is 7.74. The van der Waals surface area contributed by atoms with Gasteiger partial charge in [-0.1, -0.05) is 30.3 Å². The summed E-state index contributed by atoms with van der Waals surface area (Å²) in [7, 11) is 0. The third-order valence-corrected chi connectivity index (χ3v) is 3.02. The first-order valence-electron chi connectivity index (χ1n) is 5.60. The van der Waals surface area contributed by atoms with Crippen molar-refractivity contribution in [3.8, 4) is 0 Å². The minimum absolute atomic E-state index is 0.0425. The highest BCUT2D eigenvalue weighted by Crippen LogP contribution is 2.24. The minimum atomic E-state index is -0.574. The molecule has 1 aromatic carbocycles. The van der Waals surface area contributed by atoms with Crippen LogP contribution in [0.5, 0.6) is 0 Å². The smallest absolute Gasteiger partial charge is 0.237 e. The van der Waals surface area contributed by atoms with E-state index < -0.39 is 5.92 Å². The average molecular weight is 217 g/mol. The van der Waals surface area contributed by atoms with Gasteiger partial charge < -0.3 is 4.90 Å². The molecule has 1 saturated heterocycles. The Morgan fingerprint density at radius 3 is 2.56 bits per heavy atom. The lowest BCUT2D eigenvalue weighted by Crippen LogP contribution is -2.44. The predicted octanol–water partition coefficient (Wildman–Crippen LogP) is 1.59. The van der Waals surface area contributed by atoms with Crippen LogP contribution in [0.1, 0.15) is 24.8 Å². The van der Waals surface area contributed by atoms with Crippen LogP contribution in [0.3, 0.4) is 0 Å². The molecule has 1 fully saturated rings. The lowest BCUT2D eigenvalue weighted by molar-refractivity contribution is -0.141. The van der Waals surface area contributed by atoms with E-state index >= 15 is 0 Å². The fourth-order valence-corrected chi connectivity index (χ4v) is 2.11. The van der Waals surface area contributed by atoms with Crippen LogP contribution in [0.2, 0.25) is 0 Å². The van der Waals surface area contributed by atoms with E-state index in [1.807, 2.05) is 37.3 Å². The summed E-state index contributed by atoms with van der Waals surface area (Å²) >= 11 is 0. The largest absolute Gasteiger partial charge is 0.342 e. The zero-order chi connectivity index (χ0) is 11.5. The second kappa shape index (κ2) is 4.47. The van der Waals surface area contributed by atoms with E-state index in [0.29, 0.717) is 19.5 Å². The summed E-state index contributed by atoms with van der Waals surface area (Å²) in [6, 6.07) is 9.31. The van der Waals surface area contributed by atoms with Crippen molar-refractivity contribution in [2.24, 2.45) is 0 Å². The van der Waals surface area contributed by atoms with Crippen LogP contribution in [0.25, 0.3) is 0 Å². The molecule has 0 aromatic heterocycles. The maximum absolute atomic E-state index is 12.1. The zero-order valence-corrected chi connectivity index (χ0v) is 9.35. The van der Waals surface area contributed by atoms with Gasteiger partial charge in [0.25, 0.3) is 0 Å². The number of rotatable bonds is 2. The molecule has 1 aliphatic rings. The Labute approximate surface area is 95.1 Å². The van der Waals surface area contributed by atoms with Gasteiger partial charge >= 0.3 is 0 Å². The molecule has 1 atom stereocenters. The zero-order valence-electron chi connectivity index (χ0n) is 9.35. The van der Waals surface area contributed by atoms with Crippen molar-refractivity contribution in [1.29, 1.82) is 0 Å². The molecule has 0 saturated carbocycles. The summed E-state index contributed by atoms with van der Waals surface area (Å²) in [5.74, 6) is -0.583. The van der Waals surface area contributed by atoms with Gasteiger partial charge in [-0.2, -0.15) is 0 Å². The molecule has 3 nitrogen and oxygen atoms in total. The third-order valence-electron chi connectivity index (χ3n) is 3.02. The SMILES string of the molecule is CCN1CCC(=O)C(c2ccccc2)C1=O. The summed E-state index contributed by atoms with van der Waals surface area (Å²) in [5.41, 5.74) is 0.815. The number of nitrogens with zero attached hydrogens (tertiary/aromatic N) is 1. The van der Waals surface area contributed by atoms with E-state index in [9.17, 15) is 9.59 Å². The Bertz CT molecular complexity index is 400. The van der Waals surface area contributed by atoms with Gasteiger partial charge in [-0.25, -0.2) is 0 Å². The standard InChI is InChI=1S/C13H15NO2/c1-2-14-9-8-11(15)12(13(14)16)10-6-4-3-5-7-10/h3-7,12H,2,8-9H2,1H3. The van der Waals surface area contributed by atoms with Gasteiger partial charge in [0.15, 0.2) is 5.78 Å². The Morgan fingerprint density at radius 2 is 1.94 bits per heavy atom. The van der Waals surface area contributed by atoms with Crippen molar-refractivity contribution < 1.29 is 9.59 Å². The number of Topliss-reactive ketones (excluding diaryl/α,β-unsaturated/α-hetero) is 1. The monoisotopic (exact) mass is 217 g/mol. The number of piperidine rings is 1. The van der Waals surface area contributed by atoms with Crippen molar-refractivity contribution in [1.82, 2.24) is 4.90 Å². The van der Waals surface area contributed by atoms with Gasteiger partial charge in [0.05, 0.1) is 0 Å². The number of benzene rings is 1. The maximum Gasteiger partial charge on any atom is 0.237 e. The van der Waals surface area contributed by atoms with E-state index in [2.05, 4.69) is 0 Å². The van der Waals surface area contributed by atoms with Crippen LogP contribution in [0, 0.1) is 0 Å². The fourth-order valence-electron chi connectivity index (χ4n) is 2.11. The van der Waals surface area contributed by atoms with Crippen molar-refractivity contribution in [3.05, 3.63) is 35.9 Å². The van der Waals surface area contributed by atoms with Crippen LogP contribution >= 0.6 is 0 Å². The van der Waals surface area contributed by atoms with Crippen LogP contribution in [0.15, 0.2) is 30.3 Å². The molecule has 84 valence electrons. The first kappa shape index (κ1) is 10.9. The quantitative estimate of drug-likeness (QED) is 0.705. The van der Waals surface area contributed by atoms with Crippen LogP contribution in [-0.2, 0) is 9.59 Å². The molecule has 16 heavy (non-hydrogen) atoms. The number of amides is 1. The highest BCUT2D eigenvalue weighted by molar-refractivity contribution is 6.08. The average Bonchev–Trinajstić information content (AvgIpc) is 2.31.